The van der Waals surface area contributed by atoms with Crippen molar-refractivity contribution >= 4 is 11.7 Å². The summed E-state index contributed by atoms with van der Waals surface area (Å²) in [6.07, 6.45) is 4.45. The highest BCUT2D eigenvalue weighted by atomic mass is 16.4. The lowest BCUT2D eigenvalue weighted by atomic mass is 9.88. The molecule has 4 nitrogen and oxygen atoms in total. The lowest BCUT2D eigenvalue weighted by Crippen LogP contribution is -2.28. The zero-order valence-electron chi connectivity index (χ0n) is 11.0. The van der Waals surface area contributed by atoms with E-state index in [0.29, 0.717) is 5.69 Å². The van der Waals surface area contributed by atoms with E-state index < -0.39 is 5.97 Å². The number of aromatic nitrogens is 1. The van der Waals surface area contributed by atoms with Crippen molar-refractivity contribution in [3.05, 3.63) is 59.4 Å². The zero-order chi connectivity index (χ0) is 13.9. The molecular formula is C16H16N2O2. The van der Waals surface area contributed by atoms with E-state index in [1.54, 1.807) is 12.1 Å². The average Bonchev–Trinajstić information content (AvgIpc) is 2.47. The van der Waals surface area contributed by atoms with Gasteiger partial charge in [-0.05, 0) is 42.5 Å². The van der Waals surface area contributed by atoms with Gasteiger partial charge in [0.2, 0.25) is 0 Å². The van der Waals surface area contributed by atoms with Gasteiger partial charge >= 0.3 is 5.97 Å². The van der Waals surface area contributed by atoms with Gasteiger partial charge in [0.15, 0.2) is 5.69 Å². The number of carboxylic acids is 1. The summed E-state index contributed by atoms with van der Waals surface area (Å²) in [6, 6.07) is 12.2. The average molecular weight is 268 g/mol. The number of hydrogen-bond acceptors (Lipinski definition) is 3. The molecule has 1 atom stereocenters. The first kappa shape index (κ1) is 12.7. The van der Waals surface area contributed by atoms with Crippen molar-refractivity contribution in [3.63, 3.8) is 0 Å². The number of benzene rings is 1. The summed E-state index contributed by atoms with van der Waals surface area (Å²) in [5, 5.41) is 12.5. The molecule has 0 spiro atoms. The van der Waals surface area contributed by atoms with Gasteiger partial charge in [0.25, 0.3) is 0 Å². The maximum Gasteiger partial charge on any atom is 0.356 e. The fraction of sp³-hybridized carbons (Fsp3) is 0.250. The number of carbonyl (C=O) groups is 1. The van der Waals surface area contributed by atoms with Crippen molar-refractivity contribution in [2.24, 2.45) is 0 Å². The molecule has 2 N–H and O–H groups in total. The number of aromatic carboxylic acids is 1. The second-order valence-corrected chi connectivity index (χ2v) is 5.06. The number of nitrogens with one attached hydrogen (secondary N) is 1. The van der Waals surface area contributed by atoms with E-state index in [4.69, 9.17) is 5.11 Å². The maximum absolute atomic E-state index is 11.2. The third-order valence-corrected chi connectivity index (χ3v) is 3.72. The van der Waals surface area contributed by atoms with Gasteiger partial charge in [0.1, 0.15) is 0 Å². The van der Waals surface area contributed by atoms with Crippen LogP contribution in [0.2, 0.25) is 0 Å². The molecule has 0 saturated heterocycles. The Morgan fingerprint density at radius 2 is 2.00 bits per heavy atom. The Morgan fingerprint density at radius 3 is 2.80 bits per heavy atom. The van der Waals surface area contributed by atoms with Crippen LogP contribution < -0.4 is 5.32 Å². The highest BCUT2D eigenvalue weighted by molar-refractivity contribution is 5.91. The molecule has 0 amide bonds. The van der Waals surface area contributed by atoms with Crippen LogP contribution in [0.5, 0.6) is 0 Å². The van der Waals surface area contributed by atoms with Gasteiger partial charge in [-0.1, -0.05) is 24.3 Å². The van der Waals surface area contributed by atoms with Gasteiger partial charge < -0.3 is 10.4 Å². The fourth-order valence-corrected chi connectivity index (χ4v) is 2.73. The van der Waals surface area contributed by atoms with Crippen LogP contribution in [0.15, 0.2) is 42.6 Å². The first-order valence-electron chi connectivity index (χ1n) is 6.75. The number of aryl methyl sites for hydroxylation is 1. The van der Waals surface area contributed by atoms with Crippen LogP contribution >= 0.6 is 0 Å². The maximum atomic E-state index is 11.2. The molecule has 0 fully saturated rings. The minimum atomic E-state index is -0.996. The van der Waals surface area contributed by atoms with Crippen molar-refractivity contribution < 1.29 is 9.90 Å². The van der Waals surface area contributed by atoms with E-state index in [9.17, 15) is 4.79 Å². The molecular weight excluding hydrogens is 252 g/mol. The molecule has 4 heteroatoms. The van der Waals surface area contributed by atoms with Crippen molar-refractivity contribution in [2.45, 2.75) is 25.3 Å². The van der Waals surface area contributed by atoms with Crippen LogP contribution in [-0.4, -0.2) is 22.1 Å². The number of hydrogen-bond donors (Lipinski definition) is 2. The molecule has 0 saturated carbocycles. The van der Waals surface area contributed by atoms with Crippen molar-refractivity contribution in [2.75, 3.05) is 5.32 Å². The van der Waals surface area contributed by atoms with Gasteiger partial charge in [-0.25, -0.2) is 9.78 Å². The second-order valence-electron chi connectivity index (χ2n) is 5.06. The predicted octanol–water partition coefficient (Wildman–Crippen LogP) is 2.75. The van der Waals surface area contributed by atoms with E-state index in [-0.39, 0.29) is 11.7 Å². The standard InChI is InChI=1S/C16H16N2O2/c19-16(20)15-14(6-3-9-17-15)18-13-8-7-11-4-1-2-5-12(11)10-13/h1-6,9,13,18H,7-8,10H2,(H,19,20). The zero-order valence-corrected chi connectivity index (χ0v) is 11.0. The SMILES string of the molecule is O=C(O)c1ncccc1NC1CCc2ccccc2C1. The van der Waals surface area contributed by atoms with E-state index in [0.717, 1.165) is 19.3 Å². The highest BCUT2D eigenvalue weighted by Gasteiger charge is 2.20. The summed E-state index contributed by atoms with van der Waals surface area (Å²) in [5.74, 6) is -0.996. The summed E-state index contributed by atoms with van der Waals surface area (Å²) in [7, 11) is 0. The second kappa shape index (κ2) is 5.33. The third kappa shape index (κ3) is 2.50. The Labute approximate surface area is 117 Å². The smallest absolute Gasteiger partial charge is 0.356 e. The van der Waals surface area contributed by atoms with E-state index in [1.807, 2.05) is 6.07 Å². The highest BCUT2D eigenvalue weighted by Crippen LogP contribution is 2.24. The molecule has 0 bridgehead atoms. The molecule has 0 radical (unpaired) electrons. The topological polar surface area (TPSA) is 62.2 Å². The van der Waals surface area contributed by atoms with Gasteiger partial charge in [-0.15, -0.1) is 0 Å². The normalized spacial score (nSPS) is 17.3. The van der Waals surface area contributed by atoms with Gasteiger partial charge in [0.05, 0.1) is 5.69 Å². The van der Waals surface area contributed by atoms with Crippen LogP contribution in [0.1, 0.15) is 28.0 Å². The molecule has 102 valence electrons. The Kier molecular flexibility index (Phi) is 3.37. The molecule has 1 aromatic heterocycles. The Morgan fingerprint density at radius 1 is 1.20 bits per heavy atom. The summed E-state index contributed by atoms with van der Waals surface area (Å²) < 4.78 is 0. The van der Waals surface area contributed by atoms with Crippen LogP contribution in [0.3, 0.4) is 0 Å². The number of pyridine rings is 1. The van der Waals surface area contributed by atoms with E-state index in [1.165, 1.54) is 17.3 Å². The lowest BCUT2D eigenvalue weighted by Gasteiger charge is -2.26. The first-order valence-corrected chi connectivity index (χ1v) is 6.75. The molecule has 2 aromatic rings. The molecule has 0 aliphatic heterocycles. The van der Waals surface area contributed by atoms with Crippen LogP contribution in [0, 0.1) is 0 Å². The van der Waals surface area contributed by atoms with Crippen molar-refractivity contribution in [1.82, 2.24) is 4.98 Å². The monoisotopic (exact) mass is 268 g/mol. The molecule has 1 aliphatic carbocycles. The summed E-state index contributed by atoms with van der Waals surface area (Å²) in [4.78, 5) is 15.1. The van der Waals surface area contributed by atoms with Crippen molar-refractivity contribution in [3.8, 4) is 0 Å². The summed E-state index contributed by atoms with van der Waals surface area (Å²) >= 11 is 0. The summed E-state index contributed by atoms with van der Waals surface area (Å²) in [5.41, 5.74) is 3.43. The quantitative estimate of drug-likeness (QED) is 0.898. The van der Waals surface area contributed by atoms with E-state index in [2.05, 4.69) is 28.5 Å². The van der Waals surface area contributed by atoms with Crippen LogP contribution in [0.25, 0.3) is 0 Å². The molecule has 20 heavy (non-hydrogen) atoms. The number of nitrogens with zero attached hydrogens (tertiary/aromatic N) is 1. The number of fused-ring (bicyclic) bond motifs is 1. The molecule has 1 heterocycles. The Hall–Kier alpha value is -2.36. The van der Waals surface area contributed by atoms with Crippen molar-refractivity contribution in [1.29, 1.82) is 0 Å². The Bertz CT molecular complexity index is 640. The van der Waals surface area contributed by atoms with Crippen LogP contribution in [0.4, 0.5) is 5.69 Å². The Balaban J connectivity index is 1.79. The number of rotatable bonds is 3. The molecule has 3 rings (SSSR count). The van der Waals surface area contributed by atoms with Gasteiger partial charge in [0, 0.05) is 12.2 Å². The lowest BCUT2D eigenvalue weighted by molar-refractivity contribution is 0.0691. The summed E-state index contributed by atoms with van der Waals surface area (Å²) in [6.45, 7) is 0. The molecule has 1 aromatic carbocycles. The minimum absolute atomic E-state index is 0.0892. The largest absolute Gasteiger partial charge is 0.476 e. The van der Waals surface area contributed by atoms with Gasteiger partial charge in [-0.3, -0.25) is 0 Å². The fourth-order valence-electron chi connectivity index (χ4n) is 2.73. The third-order valence-electron chi connectivity index (χ3n) is 3.72. The predicted molar refractivity (Wildman–Crippen MR) is 77.1 cm³/mol. The molecule has 1 aliphatic rings. The first-order chi connectivity index (χ1) is 9.74. The number of anilines is 1. The minimum Gasteiger partial charge on any atom is -0.476 e. The van der Waals surface area contributed by atoms with E-state index >= 15 is 0 Å². The van der Waals surface area contributed by atoms with Crippen LogP contribution in [-0.2, 0) is 12.8 Å². The van der Waals surface area contributed by atoms with Gasteiger partial charge in [-0.2, -0.15) is 0 Å². The molecule has 1 unspecified atom stereocenters. The number of carboxylic acid groups (broad SMARTS) is 1.